The highest BCUT2D eigenvalue weighted by Gasteiger charge is 2.17. The molecular weight excluding hydrogens is 302 g/mol. The Morgan fingerprint density at radius 3 is 2.78 bits per heavy atom. The number of Topliss-reactive ketones (excluding diaryl/α,β-unsaturated/α-hetero) is 1. The number of ketones is 1. The average molecular weight is 316 g/mol. The van der Waals surface area contributed by atoms with Gasteiger partial charge in [0.25, 0.3) is 0 Å². The maximum Gasteiger partial charge on any atom is 0.312 e. The molecule has 0 spiro atoms. The van der Waals surface area contributed by atoms with Crippen molar-refractivity contribution < 1.29 is 14.5 Å². The zero-order valence-electron chi connectivity index (χ0n) is 10.0. The molecule has 0 aliphatic rings. The Hall–Kier alpha value is -1.43. The minimum atomic E-state index is -0.477. The van der Waals surface area contributed by atoms with Crippen LogP contribution < -0.4 is 4.74 Å². The second-order valence-electron chi connectivity index (χ2n) is 3.85. The molecule has 0 aromatic heterocycles. The number of halogens is 1. The fraction of sp³-hybridized carbons (Fsp3) is 0.417. The molecule has 0 atom stereocenters. The first-order valence-corrected chi connectivity index (χ1v) is 6.37. The van der Waals surface area contributed by atoms with Gasteiger partial charge >= 0.3 is 5.69 Å². The number of nitro benzene ring substituents is 1. The summed E-state index contributed by atoms with van der Waals surface area (Å²) >= 11 is 3.22. The van der Waals surface area contributed by atoms with Crippen LogP contribution in [0.5, 0.6) is 5.75 Å². The van der Waals surface area contributed by atoms with Gasteiger partial charge in [-0.25, -0.2) is 0 Å². The van der Waals surface area contributed by atoms with Crippen LogP contribution in [0.1, 0.15) is 26.2 Å². The SMILES string of the molecule is CC(=O)CCCCOc1c(Br)cccc1[N+](=O)[O-]. The zero-order valence-corrected chi connectivity index (χ0v) is 11.6. The lowest BCUT2D eigenvalue weighted by atomic mass is 10.2. The predicted molar refractivity (Wildman–Crippen MR) is 70.8 cm³/mol. The summed E-state index contributed by atoms with van der Waals surface area (Å²) in [7, 11) is 0. The average Bonchev–Trinajstić information content (AvgIpc) is 2.29. The summed E-state index contributed by atoms with van der Waals surface area (Å²) in [6.07, 6.45) is 1.94. The van der Waals surface area contributed by atoms with Gasteiger partial charge < -0.3 is 9.53 Å². The topological polar surface area (TPSA) is 69.4 Å². The molecule has 0 heterocycles. The van der Waals surface area contributed by atoms with Gasteiger partial charge in [-0.15, -0.1) is 0 Å². The lowest BCUT2D eigenvalue weighted by molar-refractivity contribution is -0.386. The van der Waals surface area contributed by atoms with Gasteiger partial charge in [-0.2, -0.15) is 0 Å². The number of hydrogen-bond donors (Lipinski definition) is 0. The van der Waals surface area contributed by atoms with E-state index in [0.29, 0.717) is 23.9 Å². The Bertz CT molecular complexity index is 448. The van der Waals surface area contributed by atoms with Crippen LogP contribution in [-0.4, -0.2) is 17.3 Å². The largest absolute Gasteiger partial charge is 0.486 e. The van der Waals surface area contributed by atoms with E-state index in [0.717, 1.165) is 6.42 Å². The van der Waals surface area contributed by atoms with Crippen LogP contribution in [0.25, 0.3) is 0 Å². The van der Waals surface area contributed by atoms with E-state index in [2.05, 4.69) is 15.9 Å². The highest BCUT2D eigenvalue weighted by Crippen LogP contribution is 2.34. The van der Waals surface area contributed by atoms with Crippen molar-refractivity contribution in [2.75, 3.05) is 6.61 Å². The van der Waals surface area contributed by atoms with E-state index in [1.54, 1.807) is 19.1 Å². The molecule has 98 valence electrons. The molecule has 0 unspecified atom stereocenters. The van der Waals surface area contributed by atoms with E-state index in [1.807, 2.05) is 0 Å². The highest BCUT2D eigenvalue weighted by atomic mass is 79.9. The molecule has 0 radical (unpaired) electrons. The Balaban J connectivity index is 2.56. The molecule has 18 heavy (non-hydrogen) atoms. The number of nitro groups is 1. The second kappa shape index (κ2) is 7.10. The van der Waals surface area contributed by atoms with Crippen molar-refractivity contribution in [2.24, 2.45) is 0 Å². The van der Waals surface area contributed by atoms with Gasteiger partial charge in [0.15, 0.2) is 0 Å². The number of carbonyl (C=O) groups is 1. The molecule has 1 rings (SSSR count). The smallest absolute Gasteiger partial charge is 0.312 e. The summed E-state index contributed by atoms with van der Waals surface area (Å²) < 4.78 is 5.97. The summed E-state index contributed by atoms with van der Waals surface area (Å²) in [6.45, 7) is 1.90. The van der Waals surface area contributed by atoms with Crippen molar-refractivity contribution in [3.8, 4) is 5.75 Å². The number of carbonyl (C=O) groups excluding carboxylic acids is 1. The molecule has 0 saturated carbocycles. The summed E-state index contributed by atoms with van der Waals surface area (Å²) in [5.74, 6) is 0.382. The number of benzene rings is 1. The summed E-state index contributed by atoms with van der Waals surface area (Å²) in [5.41, 5.74) is -0.0593. The molecule has 1 aromatic carbocycles. The molecule has 0 bridgehead atoms. The first-order chi connectivity index (χ1) is 8.52. The molecule has 0 fully saturated rings. The Labute approximate surface area is 113 Å². The van der Waals surface area contributed by atoms with Gasteiger partial charge in [0.1, 0.15) is 5.78 Å². The van der Waals surface area contributed by atoms with Crippen molar-refractivity contribution in [2.45, 2.75) is 26.2 Å². The van der Waals surface area contributed by atoms with Crippen molar-refractivity contribution in [1.82, 2.24) is 0 Å². The molecule has 0 saturated heterocycles. The van der Waals surface area contributed by atoms with Crippen molar-refractivity contribution in [1.29, 1.82) is 0 Å². The van der Waals surface area contributed by atoms with E-state index in [4.69, 9.17) is 4.74 Å². The minimum Gasteiger partial charge on any atom is -0.486 e. The number of rotatable bonds is 7. The molecule has 6 heteroatoms. The Kier molecular flexibility index (Phi) is 5.77. The molecular formula is C12H14BrNO4. The maximum absolute atomic E-state index is 10.8. The van der Waals surface area contributed by atoms with Gasteiger partial charge in [-0.05, 0) is 41.8 Å². The number of nitrogens with zero attached hydrogens (tertiary/aromatic N) is 1. The molecule has 0 amide bonds. The van der Waals surface area contributed by atoms with Crippen LogP contribution in [0.2, 0.25) is 0 Å². The lowest BCUT2D eigenvalue weighted by Gasteiger charge is -2.08. The van der Waals surface area contributed by atoms with E-state index < -0.39 is 4.92 Å². The van der Waals surface area contributed by atoms with Crippen LogP contribution in [0.3, 0.4) is 0 Å². The molecule has 1 aromatic rings. The summed E-state index contributed by atoms with van der Waals surface area (Å²) in [5, 5.41) is 10.8. The van der Waals surface area contributed by atoms with Crippen molar-refractivity contribution in [3.05, 3.63) is 32.8 Å². The third-order valence-electron chi connectivity index (χ3n) is 2.31. The van der Waals surface area contributed by atoms with Crippen molar-refractivity contribution in [3.63, 3.8) is 0 Å². The third kappa shape index (κ3) is 4.44. The van der Waals surface area contributed by atoms with Crippen LogP contribution >= 0.6 is 15.9 Å². The standard InChI is InChI=1S/C12H14BrNO4/c1-9(15)5-2-3-8-18-12-10(13)6-4-7-11(12)14(16)17/h4,6-7H,2-3,5,8H2,1H3. The van der Waals surface area contributed by atoms with Gasteiger partial charge in [0.05, 0.1) is 16.0 Å². The Morgan fingerprint density at radius 1 is 1.44 bits per heavy atom. The van der Waals surface area contributed by atoms with Crippen LogP contribution in [0.4, 0.5) is 5.69 Å². The van der Waals surface area contributed by atoms with E-state index in [9.17, 15) is 14.9 Å². The molecule has 0 aliphatic carbocycles. The van der Waals surface area contributed by atoms with E-state index in [1.165, 1.54) is 6.07 Å². The molecule has 0 aliphatic heterocycles. The summed E-state index contributed by atoms with van der Waals surface area (Å²) in [6, 6.07) is 4.68. The first kappa shape index (κ1) is 14.6. The predicted octanol–water partition coefficient (Wildman–Crippen LogP) is 3.50. The van der Waals surface area contributed by atoms with Gasteiger partial charge in [-0.3, -0.25) is 10.1 Å². The maximum atomic E-state index is 10.8. The van der Waals surface area contributed by atoms with E-state index in [-0.39, 0.29) is 17.2 Å². The van der Waals surface area contributed by atoms with Gasteiger partial charge in [0.2, 0.25) is 5.75 Å². The van der Waals surface area contributed by atoms with Crippen LogP contribution in [0, 0.1) is 10.1 Å². The molecule has 5 nitrogen and oxygen atoms in total. The number of ether oxygens (including phenoxy) is 1. The number of hydrogen-bond acceptors (Lipinski definition) is 4. The van der Waals surface area contributed by atoms with E-state index >= 15 is 0 Å². The number of para-hydroxylation sites is 1. The normalized spacial score (nSPS) is 10.1. The summed E-state index contributed by atoms with van der Waals surface area (Å²) in [4.78, 5) is 21.1. The quantitative estimate of drug-likeness (QED) is 0.438. The third-order valence-corrected chi connectivity index (χ3v) is 2.94. The fourth-order valence-electron chi connectivity index (χ4n) is 1.43. The minimum absolute atomic E-state index is 0.0593. The van der Waals surface area contributed by atoms with Crippen LogP contribution in [-0.2, 0) is 4.79 Å². The fourth-order valence-corrected chi connectivity index (χ4v) is 1.90. The second-order valence-corrected chi connectivity index (χ2v) is 4.71. The van der Waals surface area contributed by atoms with Crippen molar-refractivity contribution >= 4 is 27.4 Å². The van der Waals surface area contributed by atoms with Gasteiger partial charge in [-0.1, -0.05) is 6.07 Å². The van der Waals surface area contributed by atoms with Gasteiger partial charge in [0, 0.05) is 12.5 Å². The first-order valence-electron chi connectivity index (χ1n) is 5.57. The Morgan fingerprint density at radius 2 is 2.17 bits per heavy atom. The molecule has 0 N–H and O–H groups in total. The highest BCUT2D eigenvalue weighted by molar-refractivity contribution is 9.10. The zero-order chi connectivity index (χ0) is 13.5. The number of unbranched alkanes of at least 4 members (excludes halogenated alkanes) is 1. The lowest BCUT2D eigenvalue weighted by Crippen LogP contribution is -2.02. The van der Waals surface area contributed by atoms with Crippen LogP contribution in [0.15, 0.2) is 22.7 Å². The monoisotopic (exact) mass is 315 g/mol.